The van der Waals surface area contributed by atoms with Gasteiger partial charge in [0.25, 0.3) is 6.47 Å². The van der Waals surface area contributed by atoms with Gasteiger partial charge in [0, 0.05) is 12.1 Å². The lowest BCUT2D eigenvalue weighted by Crippen LogP contribution is -2.20. The first-order valence-corrected chi connectivity index (χ1v) is 5.56. The number of alkyl halides is 3. The van der Waals surface area contributed by atoms with Crippen molar-refractivity contribution in [2.24, 2.45) is 4.99 Å². The van der Waals surface area contributed by atoms with Crippen LogP contribution in [0.1, 0.15) is 17.5 Å². The minimum absolute atomic E-state index is 0.142. The number of anilines is 1. The molecule has 7 heteroatoms. The van der Waals surface area contributed by atoms with Crippen molar-refractivity contribution in [1.82, 2.24) is 0 Å². The van der Waals surface area contributed by atoms with Crippen LogP contribution in [0.15, 0.2) is 23.2 Å². The molecule has 0 unspecified atom stereocenters. The second-order valence-electron chi connectivity index (χ2n) is 3.97. The standard InChI is InChI=1S/C12H11F3N2O2/c13-12(14,15)9-2-1-8-6-16-11(3-4-19-7-18)17-10(8)5-9/h1-2,5,7H,3-4,6H2,(H,16,17). The van der Waals surface area contributed by atoms with E-state index in [0.29, 0.717) is 36.5 Å². The lowest BCUT2D eigenvalue weighted by molar-refractivity contribution is -0.137. The number of hydrogen-bond acceptors (Lipinski definition) is 4. The Balaban J connectivity index is 2.11. The topological polar surface area (TPSA) is 50.7 Å². The monoisotopic (exact) mass is 272 g/mol. The second kappa shape index (κ2) is 5.29. The van der Waals surface area contributed by atoms with Crippen molar-refractivity contribution in [2.75, 3.05) is 11.9 Å². The summed E-state index contributed by atoms with van der Waals surface area (Å²) in [5.41, 5.74) is 0.392. The highest BCUT2D eigenvalue weighted by molar-refractivity contribution is 5.97. The summed E-state index contributed by atoms with van der Waals surface area (Å²) in [6.07, 6.45) is -4.03. The molecule has 0 atom stereocenters. The van der Waals surface area contributed by atoms with Crippen LogP contribution < -0.4 is 5.32 Å². The van der Waals surface area contributed by atoms with Crippen molar-refractivity contribution >= 4 is 18.0 Å². The molecule has 1 aliphatic rings. The molecule has 19 heavy (non-hydrogen) atoms. The summed E-state index contributed by atoms with van der Waals surface area (Å²) in [4.78, 5) is 14.2. The average Bonchev–Trinajstić information content (AvgIpc) is 2.37. The first-order valence-electron chi connectivity index (χ1n) is 5.56. The predicted molar refractivity (Wildman–Crippen MR) is 62.8 cm³/mol. The minimum atomic E-state index is -4.37. The Morgan fingerprint density at radius 1 is 1.42 bits per heavy atom. The zero-order valence-electron chi connectivity index (χ0n) is 9.83. The fourth-order valence-electron chi connectivity index (χ4n) is 1.73. The molecular formula is C12H11F3N2O2. The molecule has 0 saturated heterocycles. The molecule has 0 saturated carbocycles. The molecule has 0 bridgehead atoms. The van der Waals surface area contributed by atoms with E-state index in [4.69, 9.17) is 0 Å². The number of aliphatic imine (C=N–C) groups is 1. The van der Waals surface area contributed by atoms with Gasteiger partial charge in [0.2, 0.25) is 0 Å². The van der Waals surface area contributed by atoms with Crippen LogP contribution in [-0.4, -0.2) is 18.9 Å². The quantitative estimate of drug-likeness (QED) is 0.677. The summed E-state index contributed by atoms with van der Waals surface area (Å²) in [5, 5.41) is 2.82. The van der Waals surface area contributed by atoms with Gasteiger partial charge in [-0.25, -0.2) is 0 Å². The fraction of sp³-hybridized carbons (Fsp3) is 0.333. The van der Waals surface area contributed by atoms with Gasteiger partial charge < -0.3 is 10.1 Å². The van der Waals surface area contributed by atoms with Gasteiger partial charge in [-0.15, -0.1) is 0 Å². The van der Waals surface area contributed by atoms with Gasteiger partial charge >= 0.3 is 6.18 Å². The highest BCUT2D eigenvalue weighted by Gasteiger charge is 2.31. The van der Waals surface area contributed by atoms with Gasteiger partial charge in [-0.3, -0.25) is 9.79 Å². The molecule has 102 valence electrons. The molecule has 0 aromatic heterocycles. The van der Waals surface area contributed by atoms with E-state index in [1.807, 2.05) is 0 Å². The molecule has 2 rings (SSSR count). The molecular weight excluding hydrogens is 261 g/mol. The predicted octanol–water partition coefficient (Wildman–Crippen LogP) is 2.59. The summed E-state index contributed by atoms with van der Waals surface area (Å²) < 4.78 is 42.3. The van der Waals surface area contributed by atoms with Gasteiger partial charge in [-0.1, -0.05) is 6.07 Å². The summed E-state index contributed by atoms with van der Waals surface area (Å²) in [7, 11) is 0. The first-order chi connectivity index (χ1) is 9.00. The van der Waals surface area contributed by atoms with Gasteiger partial charge in [0.15, 0.2) is 0 Å². The van der Waals surface area contributed by atoms with Crippen molar-refractivity contribution in [3.05, 3.63) is 29.3 Å². The zero-order valence-corrected chi connectivity index (χ0v) is 9.83. The average molecular weight is 272 g/mol. The van der Waals surface area contributed by atoms with Crippen LogP contribution in [0.5, 0.6) is 0 Å². The summed E-state index contributed by atoms with van der Waals surface area (Å²) in [6.45, 7) is 0.777. The Hall–Kier alpha value is -2.05. The molecule has 4 nitrogen and oxygen atoms in total. The maximum atomic E-state index is 12.6. The van der Waals surface area contributed by atoms with Crippen molar-refractivity contribution < 1.29 is 22.7 Å². The number of nitrogens with zero attached hydrogens (tertiary/aromatic N) is 1. The van der Waals surface area contributed by atoms with Crippen LogP contribution in [0.4, 0.5) is 18.9 Å². The van der Waals surface area contributed by atoms with Crippen molar-refractivity contribution in [3.8, 4) is 0 Å². The lowest BCUT2D eigenvalue weighted by Gasteiger charge is -2.19. The molecule has 1 aromatic carbocycles. The molecule has 1 aromatic rings. The van der Waals surface area contributed by atoms with Gasteiger partial charge in [-0.2, -0.15) is 13.2 Å². The van der Waals surface area contributed by atoms with Crippen molar-refractivity contribution in [1.29, 1.82) is 0 Å². The number of amidine groups is 1. The Bertz CT molecular complexity index is 512. The normalized spacial score (nSPS) is 14.2. The lowest BCUT2D eigenvalue weighted by atomic mass is 10.1. The molecule has 0 fully saturated rings. The van der Waals surface area contributed by atoms with E-state index in [-0.39, 0.29) is 6.61 Å². The van der Waals surface area contributed by atoms with Crippen molar-refractivity contribution in [2.45, 2.75) is 19.1 Å². The third-order valence-corrected chi connectivity index (χ3v) is 2.68. The van der Waals surface area contributed by atoms with E-state index in [0.717, 1.165) is 12.1 Å². The van der Waals surface area contributed by atoms with Crippen LogP contribution >= 0.6 is 0 Å². The maximum absolute atomic E-state index is 12.6. The van der Waals surface area contributed by atoms with Gasteiger partial charge in [0.05, 0.1) is 18.7 Å². The number of ether oxygens (including phenoxy) is 1. The third-order valence-electron chi connectivity index (χ3n) is 2.68. The van der Waals surface area contributed by atoms with Gasteiger partial charge in [-0.05, 0) is 17.7 Å². The molecule has 0 aliphatic carbocycles. The molecule has 1 N–H and O–H groups in total. The maximum Gasteiger partial charge on any atom is 0.416 e. The van der Waals surface area contributed by atoms with E-state index in [1.54, 1.807) is 0 Å². The Morgan fingerprint density at radius 2 is 2.21 bits per heavy atom. The van der Waals surface area contributed by atoms with Crippen LogP contribution in [0, 0.1) is 0 Å². The van der Waals surface area contributed by atoms with E-state index in [1.165, 1.54) is 6.07 Å². The number of fused-ring (bicyclic) bond motifs is 1. The van der Waals surface area contributed by atoms with Crippen LogP contribution in [0.25, 0.3) is 0 Å². The minimum Gasteiger partial charge on any atom is -0.467 e. The van der Waals surface area contributed by atoms with E-state index >= 15 is 0 Å². The molecule has 1 aliphatic heterocycles. The number of hydrogen-bond donors (Lipinski definition) is 1. The smallest absolute Gasteiger partial charge is 0.416 e. The molecule has 0 radical (unpaired) electrons. The highest BCUT2D eigenvalue weighted by atomic mass is 19.4. The second-order valence-corrected chi connectivity index (χ2v) is 3.97. The zero-order chi connectivity index (χ0) is 13.9. The van der Waals surface area contributed by atoms with E-state index in [9.17, 15) is 18.0 Å². The fourth-order valence-corrected chi connectivity index (χ4v) is 1.73. The number of benzene rings is 1. The van der Waals surface area contributed by atoms with Crippen LogP contribution in [-0.2, 0) is 22.3 Å². The van der Waals surface area contributed by atoms with Crippen LogP contribution in [0.3, 0.4) is 0 Å². The number of rotatable bonds is 4. The Morgan fingerprint density at radius 3 is 2.89 bits per heavy atom. The molecule has 1 heterocycles. The SMILES string of the molecule is O=COCCC1=NCc2ccc(C(F)(F)F)cc2N1. The molecule has 0 spiro atoms. The number of carbonyl (C=O) groups excluding carboxylic acids is 1. The van der Waals surface area contributed by atoms with Crippen molar-refractivity contribution in [3.63, 3.8) is 0 Å². The van der Waals surface area contributed by atoms with Crippen LogP contribution in [0.2, 0.25) is 0 Å². The summed E-state index contributed by atoms with van der Waals surface area (Å²) in [5.74, 6) is 0.508. The Kier molecular flexibility index (Phi) is 3.73. The van der Waals surface area contributed by atoms with E-state index < -0.39 is 11.7 Å². The highest BCUT2D eigenvalue weighted by Crippen LogP contribution is 2.33. The largest absolute Gasteiger partial charge is 0.467 e. The number of carbonyl (C=O) groups is 1. The summed E-state index contributed by atoms with van der Waals surface area (Å²) >= 11 is 0. The first kappa shape index (κ1) is 13.4. The van der Waals surface area contributed by atoms with E-state index in [2.05, 4.69) is 15.0 Å². The Labute approximate surface area is 107 Å². The third kappa shape index (κ3) is 3.24. The van der Waals surface area contributed by atoms with Gasteiger partial charge in [0.1, 0.15) is 5.84 Å². The number of nitrogens with one attached hydrogen (secondary N) is 1. The summed E-state index contributed by atoms with van der Waals surface area (Å²) in [6, 6.07) is 3.51. The molecule has 0 amide bonds. The number of halogens is 3.